The van der Waals surface area contributed by atoms with Crippen LogP contribution in [-0.2, 0) is 0 Å². The zero-order valence-electron chi connectivity index (χ0n) is 19.3. The maximum absolute atomic E-state index is 9.54. The van der Waals surface area contributed by atoms with Gasteiger partial charge in [0, 0.05) is 51.9 Å². The van der Waals surface area contributed by atoms with E-state index in [-0.39, 0.29) is 5.57 Å². The molecule has 0 aromatic carbocycles. The molecule has 0 saturated carbocycles. The number of hydrogen-bond donors (Lipinski definition) is 0. The van der Waals surface area contributed by atoms with E-state index < -0.39 is 0 Å². The van der Waals surface area contributed by atoms with Gasteiger partial charge in [0.25, 0.3) is 0 Å². The van der Waals surface area contributed by atoms with Gasteiger partial charge in [-0.15, -0.1) is 0 Å². The molecular weight excluding hydrogens is 372 g/mol. The van der Waals surface area contributed by atoms with Crippen molar-refractivity contribution >= 4 is 0 Å². The Balaban J connectivity index is 1.52. The molecule has 0 aromatic rings. The van der Waals surface area contributed by atoms with Gasteiger partial charge in [-0.3, -0.25) is 0 Å². The van der Waals surface area contributed by atoms with Crippen molar-refractivity contribution < 1.29 is 0 Å². The van der Waals surface area contributed by atoms with Crippen LogP contribution >= 0.6 is 0 Å². The van der Waals surface area contributed by atoms with Crippen molar-refractivity contribution in [2.24, 2.45) is 11.8 Å². The van der Waals surface area contributed by atoms with Crippen LogP contribution in [0.15, 0.2) is 11.4 Å². The number of piperidine rings is 1. The van der Waals surface area contributed by atoms with Gasteiger partial charge in [0.1, 0.15) is 18.0 Å². The summed E-state index contributed by atoms with van der Waals surface area (Å²) in [5.74, 6) is 2.46. The molecule has 3 unspecified atom stereocenters. The summed E-state index contributed by atoms with van der Waals surface area (Å²) in [7, 11) is 0. The van der Waals surface area contributed by atoms with Crippen LogP contribution in [0.3, 0.4) is 0 Å². The average Bonchev–Trinajstić information content (AvgIpc) is 3.29. The largest absolute Gasteiger partial charge is 0.355 e. The molecule has 6 heteroatoms. The summed E-state index contributed by atoms with van der Waals surface area (Å²) >= 11 is 0. The SMILES string of the molecule is CC1CC(C)CN(CCCN2CCN(CCCN3CCCC3C)C2=C(C#N)C#N)C1. The van der Waals surface area contributed by atoms with Gasteiger partial charge in [0.05, 0.1) is 0 Å². The Morgan fingerprint density at radius 3 is 2.00 bits per heavy atom. The predicted octanol–water partition coefficient (Wildman–Crippen LogP) is 3.11. The number of nitrogens with zero attached hydrogens (tertiary/aromatic N) is 6. The van der Waals surface area contributed by atoms with Crippen molar-refractivity contribution in [1.82, 2.24) is 19.6 Å². The van der Waals surface area contributed by atoms with E-state index in [2.05, 4.69) is 52.5 Å². The smallest absolute Gasteiger partial charge is 0.169 e. The van der Waals surface area contributed by atoms with Crippen LogP contribution in [-0.4, -0.2) is 84.5 Å². The molecule has 0 aromatic heterocycles. The molecule has 6 nitrogen and oxygen atoms in total. The Morgan fingerprint density at radius 1 is 0.867 bits per heavy atom. The molecule has 0 spiro atoms. The highest BCUT2D eigenvalue weighted by Gasteiger charge is 2.29. The highest BCUT2D eigenvalue weighted by atomic mass is 15.4. The van der Waals surface area contributed by atoms with E-state index >= 15 is 0 Å². The fourth-order valence-corrected chi connectivity index (χ4v) is 5.78. The molecule has 0 aliphatic carbocycles. The van der Waals surface area contributed by atoms with Gasteiger partial charge < -0.3 is 19.6 Å². The molecular formula is C24H40N6. The average molecular weight is 413 g/mol. The lowest BCUT2D eigenvalue weighted by Crippen LogP contribution is -2.40. The molecule has 3 aliphatic heterocycles. The molecule has 0 bridgehead atoms. The Kier molecular flexibility index (Phi) is 8.42. The first-order valence-electron chi connectivity index (χ1n) is 12.0. The minimum atomic E-state index is 0.280. The maximum Gasteiger partial charge on any atom is 0.169 e. The van der Waals surface area contributed by atoms with Crippen LogP contribution in [0.4, 0.5) is 0 Å². The van der Waals surface area contributed by atoms with Gasteiger partial charge >= 0.3 is 0 Å². The normalized spacial score (nSPS) is 28.0. The van der Waals surface area contributed by atoms with Crippen LogP contribution in [0, 0.1) is 34.5 Å². The van der Waals surface area contributed by atoms with E-state index in [1.165, 1.54) is 38.9 Å². The number of hydrogen-bond acceptors (Lipinski definition) is 6. The molecule has 0 radical (unpaired) electrons. The van der Waals surface area contributed by atoms with E-state index in [0.717, 1.165) is 69.8 Å². The van der Waals surface area contributed by atoms with Crippen molar-refractivity contribution in [3.8, 4) is 12.1 Å². The van der Waals surface area contributed by atoms with Crippen molar-refractivity contribution in [1.29, 1.82) is 10.5 Å². The lowest BCUT2D eigenvalue weighted by atomic mass is 9.92. The van der Waals surface area contributed by atoms with E-state index in [9.17, 15) is 10.5 Å². The Morgan fingerprint density at radius 2 is 1.47 bits per heavy atom. The minimum Gasteiger partial charge on any atom is -0.355 e. The fourth-order valence-electron chi connectivity index (χ4n) is 5.78. The second-order valence-electron chi connectivity index (χ2n) is 9.84. The zero-order chi connectivity index (χ0) is 21.5. The summed E-state index contributed by atoms with van der Waals surface area (Å²) in [4.78, 5) is 9.75. The highest BCUT2D eigenvalue weighted by Crippen LogP contribution is 2.25. The first-order valence-corrected chi connectivity index (χ1v) is 12.0. The molecule has 166 valence electrons. The lowest BCUT2D eigenvalue weighted by Gasteiger charge is -2.35. The molecule has 3 atom stereocenters. The molecule has 3 saturated heterocycles. The van der Waals surface area contributed by atoms with Crippen LogP contribution in [0.2, 0.25) is 0 Å². The standard InChI is InChI=1S/C24H40N6/c1-20-15-21(2)19-27(18-20)8-5-11-29-13-14-30(24(29)23(16-25)17-26)12-6-10-28-9-4-7-22(28)3/h20-22H,4-15,18-19H2,1-3H3. The van der Waals surface area contributed by atoms with Crippen LogP contribution in [0.25, 0.3) is 0 Å². The Bertz CT molecular complexity index is 648. The van der Waals surface area contributed by atoms with Crippen molar-refractivity contribution in [2.45, 2.75) is 58.9 Å². The number of nitriles is 2. The summed E-state index contributed by atoms with van der Waals surface area (Å²) in [6, 6.07) is 5.01. The molecule has 30 heavy (non-hydrogen) atoms. The summed E-state index contributed by atoms with van der Waals surface area (Å²) in [5, 5.41) is 19.1. The Labute approximate surface area is 183 Å². The molecule has 3 rings (SSSR count). The van der Waals surface area contributed by atoms with E-state index in [0.29, 0.717) is 6.04 Å². The lowest BCUT2D eigenvalue weighted by molar-refractivity contribution is 0.136. The molecule has 3 heterocycles. The van der Waals surface area contributed by atoms with Gasteiger partial charge in [-0.1, -0.05) is 13.8 Å². The second-order valence-corrected chi connectivity index (χ2v) is 9.84. The molecule has 3 aliphatic rings. The third-order valence-corrected chi connectivity index (χ3v) is 7.10. The molecule has 0 amide bonds. The fraction of sp³-hybridized carbons (Fsp3) is 0.833. The summed E-state index contributed by atoms with van der Waals surface area (Å²) < 4.78 is 0. The molecule has 3 fully saturated rings. The first kappa shape index (κ1) is 22.9. The minimum absolute atomic E-state index is 0.280. The van der Waals surface area contributed by atoms with Gasteiger partial charge in [-0.25, -0.2) is 0 Å². The van der Waals surface area contributed by atoms with Gasteiger partial charge in [-0.05, 0) is 64.0 Å². The topological polar surface area (TPSA) is 60.5 Å². The van der Waals surface area contributed by atoms with Crippen molar-refractivity contribution in [3.05, 3.63) is 11.4 Å². The van der Waals surface area contributed by atoms with Crippen LogP contribution in [0.5, 0.6) is 0 Å². The highest BCUT2D eigenvalue weighted by molar-refractivity contribution is 5.40. The molecule has 0 N–H and O–H groups in total. The van der Waals surface area contributed by atoms with E-state index in [1.807, 2.05) is 0 Å². The van der Waals surface area contributed by atoms with Gasteiger partial charge in [0.2, 0.25) is 0 Å². The quantitative estimate of drug-likeness (QED) is 0.571. The zero-order valence-corrected chi connectivity index (χ0v) is 19.3. The summed E-state index contributed by atoms with van der Waals surface area (Å²) in [6.07, 6.45) is 6.14. The third-order valence-electron chi connectivity index (χ3n) is 7.10. The first-order chi connectivity index (χ1) is 14.5. The van der Waals surface area contributed by atoms with E-state index in [1.54, 1.807) is 0 Å². The van der Waals surface area contributed by atoms with Crippen molar-refractivity contribution in [2.75, 3.05) is 58.9 Å². The number of allylic oxidation sites excluding steroid dienone is 1. The van der Waals surface area contributed by atoms with Crippen LogP contribution < -0.4 is 0 Å². The monoisotopic (exact) mass is 412 g/mol. The maximum atomic E-state index is 9.54. The summed E-state index contributed by atoms with van der Waals surface area (Å²) in [6.45, 7) is 16.6. The van der Waals surface area contributed by atoms with Crippen LogP contribution in [0.1, 0.15) is 52.9 Å². The predicted molar refractivity (Wildman–Crippen MR) is 120 cm³/mol. The van der Waals surface area contributed by atoms with Gasteiger partial charge in [0.15, 0.2) is 5.57 Å². The summed E-state index contributed by atoms with van der Waals surface area (Å²) in [5.41, 5.74) is 0.280. The van der Waals surface area contributed by atoms with E-state index in [4.69, 9.17) is 0 Å². The number of rotatable bonds is 8. The Hall–Kier alpha value is -1.76. The van der Waals surface area contributed by atoms with Crippen molar-refractivity contribution in [3.63, 3.8) is 0 Å². The second kappa shape index (κ2) is 11.0. The number of likely N-dealkylation sites (tertiary alicyclic amines) is 2. The van der Waals surface area contributed by atoms with Gasteiger partial charge in [-0.2, -0.15) is 10.5 Å². The third kappa shape index (κ3) is 5.90.